The molecule has 7 heteroatoms. The topological polar surface area (TPSA) is 88.1 Å². The molecule has 150 valence electrons. The highest BCUT2D eigenvalue weighted by molar-refractivity contribution is 5.96. The molecule has 1 heterocycles. The minimum absolute atomic E-state index is 0.364. The van der Waals surface area contributed by atoms with Crippen molar-refractivity contribution in [2.75, 3.05) is 0 Å². The van der Waals surface area contributed by atoms with Gasteiger partial charge in [-0.3, -0.25) is 14.8 Å². The lowest BCUT2D eigenvalue weighted by Crippen LogP contribution is -2.47. The van der Waals surface area contributed by atoms with E-state index in [0.717, 1.165) is 16.7 Å². The predicted octanol–water partition coefficient (Wildman–Crippen LogP) is 2.44. The molecule has 1 atom stereocenters. The van der Waals surface area contributed by atoms with Gasteiger partial charge in [0.1, 0.15) is 0 Å². The lowest BCUT2D eigenvalue weighted by atomic mass is 10.1. The quantitative estimate of drug-likeness (QED) is 0.550. The number of nitrogens with one attached hydrogen (secondary N) is 3. The molecule has 0 saturated heterocycles. The second kappa shape index (κ2) is 10.2. The number of carbonyl (C=O) groups excluding carboxylic acids is 2. The average Bonchev–Trinajstić information content (AvgIpc) is 3.25. The fourth-order valence-corrected chi connectivity index (χ4v) is 2.85. The van der Waals surface area contributed by atoms with Gasteiger partial charge in [-0.15, -0.1) is 0 Å². The monoisotopic (exact) mass is 391 g/mol. The van der Waals surface area contributed by atoms with E-state index in [1.54, 1.807) is 13.1 Å². The van der Waals surface area contributed by atoms with Crippen molar-refractivity contribution in [1.82, 2.24) is 25.7 Å². The summed E-state index contributed by atoms with van der Waals surface area (Å²) >= 11 is 0. The molecule has 3 aromatic rings. The van der Waals surface area contributed by atoms with Crippen molar-refractivity contribution in [1.29, 1.82) is 0 Å². The van der Waals surface area contributed by atoms with Crippen LogP contribution in [0.15, 0.2) is 73.1 Å². The van der Waals surface area contributed by atoms with Gasteiger partial charge in [0.2, 0.25) is 5.91 Å². The Morgan fingerprint density at radius 2 is 1.69 bits per heavy atom. The molecule has 1 aromatic heterocycles. The molecule has 0 aliphatic rings. The van der Waals surface area contributed by atoms with E-state index in [-0.39, 0.29) is 5.91 Å². The Bertz CT molecular complexity index is 925. The summed E-state index contributed by atoms with van der Waals surface area (Å²) in [4.78, 5) is 24.2. The van der Waals surface area contributed by atoms with Crippen LogP contribution >= 0.6 is 0 Å². The van der Waals surface area contributed by atoms with Gasteiger partial charge in [0.05, 0.1) is 12.6 Å². The zero-order valence-corrected chi connectivity index (χ0v) is 16.3. The smallest absolute Gasteiger partial charge is 0.321 e. The maximum atomic E-state index is 12.3. The van der Waals surface area contributed by atoms with Gasteiger partial charge < -0.3 is 10.6 Å². The summed E-state index contributed by atoms with van der Waals surface area (Å²) in [6.45, 7) is 3.27. The van der Waals surface area contributed by atoms with E-state index in [1.807, 2.05) is 71.5 Å². The molecule has 0 radical (unpaired) electrons. The summed E-state index contributed by atoms with van der Waals surface area (Å²) in [7, 11) is 0. The van der Waals surface area contributed by atoms with Gasteiger partial charge >= 0.3 is 6.03 Å². The first-order valence-electron chi connectivity index (χ1n) is 9.52. The molecule has 0 aliphatic heterocycles. The van der Waals surface area contributed by atoms with Gasteiger partial charge in [-0.25, -0.2) is 4.79 Å². The number of imide groups is 1. The molecule has 0 aliphatic carbocycles. The third-order valence-electron chi connectivity index (χ3n) is 4.53. The highest BCUT2D eigenvalue weighted by Gasteiger charge is 2.15. The third kappa shape index (κ3) is 6.29. The molecule has 0 fully saturated rings. The van der Waals surface area contributed by atoms with E-state index < -0.39 is 12.1 Å². The first kappa shape index (κ1) is 20.3. The van der Waals surface area contributed by atoms with Gasteiger partial charge in [0.25, 0.3) is 0 Å². The number of nitrogens with zero attached hydrogens (tertiary/aromatic N) is 2. The summed E-state index contributed by atoms with van der Waals surface area (Å²) in [5.41, 5.74) is 3.17. The summed E-state index contributed by atoms with van der Waals surface area (Å²) < 4.78 is 1.85. The number of rotatable bonds is 8. The SMILES string of the molecule is CC(NCc1ccccc1Cn1cccn1)C(=O)NC(=O)NCc1ccccc1. The largest absolute Gasteiger partial charge is 0.334 e. The number of hydrogen-bond acceptors (Lipinski definition) is 4. The highest BCUT2D eigenvalue weighted by atomic mass is 16.2. The van der Waals surface area contributed by atoms with Gasteiger partial charge in [-0.2, -0.15) is 5.10 Å². The minimum Gasteiger partial charge on any atom is -0.334 e. The van der Waals surface area contributed by atoms with Crippen LogP contribution in [-0.4, -0.2) is 27.8 Å². The molecule has 0 spiro atoms. The molecule has 3 N–H and O–H groups in total. The van der Waals surface area contributed by atoms with Crippen LogP contribution in [0.3, 0.4) is 0 Å². The van der Waals surface area contributed by atoms with Crippen LogP contribution in [0, 0.1) is 0 Å². The van der Waals surface area contributed by atoms with E-state index in [0.29, 0.717) is 19.6 Å². The molecule has 2 aromatic carbocycles. The third-order valence-corrected chi connectivity index (χ3v) is 4.53. The van der Waals surface area contributed by atoms with Crippen molar-refractivity contribution >= 4 is 11.9 Å². The van der Waals surface area contributed by atoms with Crippen LogP contribution in [0.2, 0.25) is 0 Å². The van der Waals surface area contributed by atoms with Crippen LogP contribution in [0.4, 0.5) is 4.79 Å². The zero-order valence-electron chi connectivity index (χ0n) is 16.3. The maximum absolute atomic E-state index is 12.3. The summed E-state index contributed by atoms with van der Waals surface area (Å²) in [6.07, 6.45) is 3.66. The summed E-state index contributed by atoms with van der Waals surface area (Å²) in [5, 5.41) is 12.5. The van der Waals surface area contributed by atoms with Crippen molar-refractivity contribution < 1.29 is 9.59 Å². The Morgan fingerprint density at radius 3 is 2.41 bits per heavy atom. The maximum Gasteiger partial charge on any atom is 0.321 e. The lowest BCUT2D eigenvalue weighted by Gasteiger charge is -2.16. The molecule has 3 amide bonds. The van der Waals surface area contributed by atoms with Gasteiger partial charge in [0.15, 0.2) is 0 Å². The molecular formula is C22H25N5O2. The van der Waals surface area contributed by atoms with Crippen LogP contribution in [-0.2, 0) is 24.4 Å². The molecule has 1 unspecified atom stereocenters. The van der Waals surface area contributed by atoms with Crippen molar-refractivity contribution in [3.05, 3.63) is 89.7 Å². The zero-order chi connectivity index (χ0) is 20.5. The van der Waals surface area contributed by atoms with Gasteiger partial charge in [-0.05, 0) is 29.7 Å². The van der Waals surface area contributed by atoms with E-state index >= 15 is 0 Å². The van der Waals surface area contributed by atoms with Crippen LogP contribution in [0.1, 0.15) is 23.6 Å². The van der Waals surface area contributed by atoms with E-state index in [1.165, 1.54) is 0 Å². The summed E-state index contributed by atoms with van der Waals surface area (Å²) in [5.74, 6) is -0.375. The number of hydrogen-bond donors (Lipinski definition) is 3. The number of aromatic nitrogens is 2. The fraction of sp³-hybridized carbons (Fsp3) is 0.227. The fourth-order valence-electron chi connectivity index (χ4n) is 2.85. The molecule has 29 heavy (non-hydrogen) atoms. The number of carbonyl (C=O) groups is 2. The normalized spacial score (nSPS) is 11.6. The molecule has 0 bridgehead atoms. The number of benzene rings is 2. The van der Waals surface area contributed by atoms with Crippen molar-refractivity contribution in [2.45, 2.75) is 32.6 Å². The summed E-state index contributed by atoms with van der Waals surface area (Å²) in [6, 6.07) is 18.4. The highest BCUT2D eigenvalue weighted by Crippen LogP contribution is 2.10. The molecular weight excluding hydrogens is 366 g/mol. The van der Waals surface area contributed by atoms with Crippen molar-refractivity contribution in [3.63, 3.8) is 0 Å². The molecule has 0 saturated carbocycles. The Morgan fingerprint density at radius 1 is 0.966 bits per heavy atom. The standard InChI is InChI=1S/C22H25N5O2/c1-17(21(28)26-22(29)24-14-18-8-3-2-4-9-18)23-15-19-10-5-6-11-20(19)16-27-13-7-12-25-27/h2-13,17,23H,14-16H2,1H3,(H2,24,26,28,29). The van der Waals surface area contributed by atoms with Crippen LogP contribution in [0.5, 0.6) is 0 Å². The van der Waals surface area contributed by atoms with E-state index in [9.17, 15) is 9.59 Å². The Kier molecular flexibility index (Phi) is 7.13. The van der Waals surface area contributed by atoms with Crippen molar-refractivity contribution in [3.8, 4) is 0 Å². The number of urea groups is 1. The Labute approximate surface area is 170 Å². The second-order valence-corrected chi connectivity index (χ2v) is 6.73. The first-order chi connectivity index (χ1) is 14.1. The van der Waals surface area contributed by atoms with Crippen LogP contribution in [0.25, 0.3) is 0 Å². The van der Waals surface area contributed by atoms with E-state index in [4.69, 9.17) is 0 Å². The minimum atomic E-state index is -0.518. The van der Waals surface area contributed by atoms with Crippen molar-refractivity contribution in [2.24, 2.45) is 0 Å². The molecule has 7 nitrogen and oxygen atoms in total. The van der Waals surface area contributed by atoms with Crippen LogP contribution < -0.4 is 16.0 Å². The van der Waals surface area contributed by atoms with E-state index in [2.05, 4.69) is 21.0 Å². The number of amides is 3. The molecule has 3 rings (SSSR count). The Balaban J connectivity index is 1.47. The van der Waals surface area contributed by atoms with Gasteiger partial charge in [-0.1, -0.05) is 54.6 Å². The first-order valence-corrected chi connectivity index (χ1v) is 9.52. The predicted molar refractivity (Wildman–Crippen MR) is 111 cm³/mol. The lowest BCUT2D eigenvalue weighted by molar-refractivity contribution is -0.121. The Hall–Kier alpha value is -3.45. The van der Waals surface area contributed by atoms with Gasteiger partial charge in [0, 0.05) is 25.5 Å². The second-order valence-electron chi connectivity index (χ2n) is 6.73. The average molecular weight is 391 g/mol.